The molecule has 2 aromatic rings. The van der Waals surface area contributed by atoms with E-state index in [-0.39, 0.29) is 18.9 Å². The normalized spacial score (nSPS) is 11.5. The second kappa shape index (κ2) is 9.70. The topological polar surface area (TPSA) is 84.5 Å². The summed E-state index contributed by atoms with van der Waals surface area (Å²) >= 11 is 10.7. The van der Waals surface area contributed by atoms with Gasteiger partial charge in [-0.2, -0.15) is 0 Å². The molecular weight excluding hydrogens is 444 g/mol. The van der Waals surface area contributed by atoms with Crippen LogP contribution in [0.4, 0.5) is 0 Å². The van der Waals surface area contributed by atoms with Gasteiger partial charge < -0.3 is 15.4 Å². The van der Waals surface area contributed by atoms with Gasteiger partial charge in [-0.05, 0) is 39.7 Å². The van der Waals surface area contributed by atoms with Crippen molar-refractivity contribution >= 4 is 56.7 Å². The lowest BCUT2D eigenvalue weighted by molar-refractivity contribution is -0.141. The summed E-state index contributed by atoms with van der Waals surface area (Å²) < 4.78 is 5.50. The zero-order chi connectivity index (χ0) is 19.1. The summed E-state index contributed by atoms with van der Waals surface area (Å²) in [6.45, 7) is -0.226. The second-order valence-corrected chi connectivity index (χ2v) is 8.08. The van der Waals surface area contributed by atoms with Crippen molar-refractivity contribution in [3.63, 3.8) is 0 Å². The van der Waals surface area contributed by atoms with E-state index in [9.17, 15) is 14.4 Å². The molecule has 1 aromatic heterocycles. The Hall–Kier alpha value is -1.90. The molecule has 9 heteroatoms. The molecule has 1 atom stereocenters. The average Bonchev–Trinajstić information content (AvgIpc) is 3.06. The minimum absolute atomic E-state index is 0.0716. The first-order chi connectivity index (χ1) is 12.4. The number of benzene rings is 1. The van der Waals surface area contributed by atoms with Gasteiger partial charge in [0, 0.05) is 5.02 Å². The molecule has 0 bridgehead atoms. The van der Waals surface area contributed by atoms with Crippen molar-refractivity contribution in [2.24, 2.45) is 0 Å². The fraction of sp³-hybridized carbons (Fsp3) is 0.235. The average molecular weight is 460 g/mol. The Kier molecular flexibility index (Phi) is 7.62. The number of carbonyl (C=O) groups excluding carboxylic acids is 3. The number of carbonyl (C=O) groups is 3. The molecule has 26 heavy (non-hydrogen) atoms. The molecule has 0 radical (unpaired) electrons. The Bertz CT molecular complexity index is 812. The number of amides is 2. The van der Waals surface area contributed by atoms with Gasteiger partial charge in [-0.1, -0.05) is 29.8 Å². The molecule has 2 amide bonds. The van der Waals surface area contributed by atoms with Crippen molar-refractivity contribution in [1.82, 2.24) is 10.6 Å². The Morgan fingerprint density at radius 1 is 1.23 bits per heavy atom. The van der Waals surface area contributed by atoms with Crippen LogP contribution >= 0.6 is 38.9 Å². The van der Waals surface area contributed by atoms with Crippen LogP contribution in [0, 0.1) is 0 Å². The van der Waals surface area contributed by atoms with Crippen LogP contribution < -0.4 is 10.6 Å². The smallest absolute Gasteiger partial charge is 0.307 e. The highest BCUT2D eigenvalue weighted by atomic mass is 79.9. The zero-order valence-corrected chi connectivity index (χ0v) is 16.9. The van der Waals surface area contributed by atoms with E-state index in [0.29, 0.717) is 15.5 Å². The van der Waals surface area contributed by atoms with Crippen molar-refractivity contribution in [2.45, 2.75) is 12.5 Å². The monoisotopic (exact) mass is 458 g/mol. The largest absolute Gasteiger partial charge is 0.469 e. The number of ether oxygens (including phenoxy) is 1. The van der Waals surface area contributed by atoms with E-state index in [1.807, 2.05) is 0 Å². The van der Waals surface area contributed by atoms with Crippen molar-refractivity contribution in [1.29, 1.82) is 0 Å². The van der Waals surface area contributed by atoms with E-state index in [0.717, 1.165) is 3.79 Å². The molecule has 1 unspecified atom stereocenters. The van der Waals surface area contributed by atoms with Gasteiger partial charge in [-0.3, -0.25) is 14.4 Å². The van der Waals surface area contributed by atoms with Crippen LogP contribution in [-0.2, 0) is 14.3 Å². The van der Waals surface area contributed by atoms with E-state index >= 15 is 0 Å². The maximum atomic E-state index is 12.2. The Morgan fingerprint density at radius 3 is 2.58 bits per heavy atom. The predicted molar refractivity (Wildman–Crippen MR) is 103 cm³/mol. The van der Waals surface area contributed by atoms with Crippen molar-refractivity contribution < 1.29 is 19.1 Å². The second-order valence-electron chi connectivity index (χ2n) is 5.21. The first-order valence-corrected chi connectivity index (χ1v) is 9.53. The van der Waals surface area contributed by atoms with Gasteiger partial charge in [-0.15, -0.1) is 11.3 Å². The third-order valence-electron chi connectivity index (χ3n) is 3.42. The third kappa shape index (κ3) is 5.82. The number of esters is 1. The number of methoxy groups -OCH3 is 1. The maximum Gasteiger partial charge on any atom is 0.307 e. The Balaban J connectivity index is 2.00. The predicted octanol–water partition coefficient (Wildman–Crippen LogP) is 3.31. The minimum Gasteiger partial charge on any atom is -0.469 e. The minimum atomic E-state index is -0.656. The number of halogens is 2. The molecule has 0 saturated heterocycles. The lowest BCUT2D eigenvalue weighted by Crippen LogP contribution is -2.39. The first-order valence-electron chi connectivity index (χ1n) is 7.55. The number of thiophene rings is 1. The zero-order valence-electron chi connectivity index (χ0n) is 13.8. The molecule has 0 aliphatic rings. The third-order valence-corrected chi connectivity index (χ3v) is 5.39. The highest BCUT2D eigenvalue weighted by Crippen LogP contribution is 2.25. The molecule has 0 spiro atoms. The number of hydrogen-bond donors (Lipinski definition) is 2. The first kappa shape index (κ1) is 20.4. The summed E-state index contributed by atoms with van der Waals surface area (Å²) in [5.74, 6) is -1.27. The summed E-state index contributed by atoms with van der Waals surface area (Å²) in [6.07, 6.45) is -0.0716. The van der Waals surface area contributed by atoms with Crippen molar-refractivity contribution in [3.05, 3.63) is 55.6 Å². The van der Waals surface area contributed by atoms with Crippen LogP contribution in [0.2, 0.25) is 5.02 Å². The van der Waals surface area contributed by atoms with Crippen molar-refractivity contribution in [3.8, 4) is 0 Å². The van der Waals surface area contributed by atoms with Crippen LogP contribution in [0.3, 0.4) is 0 Å². The van der Waals surface area contributed by atoms with Gasteiger partial charge in [0.1, 0.15) is 0 Å². The fourth-order valence-electron chi connectivity index (χ4n) is 2.18. The number of rotatable bonds is 7. The van der Waals surface area contributed by atoms with E-state index in [1.54, 1.807) is 36.4 Å². The van der Waals surface area contributed by atoms with Crippen LogP contribution in [0.25, 0.3) is 0 Å². The van der Waals surface area contributed by atoms with Gasteiger partial charge in [-0.25, -0.2) is 0 Å². The molecule has 1 heterocycles. The molecule has 0 saturated carbocycles. The Morgan fingerprint density at radius 2 is 1.96 bits per heavy atom. The molecule has 6 nitrogen and oxygen atoms in total. The molecular formula is C17H16BrClN2O4S. The van der Waals surface area contributed by atoms with Gasteiger partial charge >= 0.3 is 5.97 Å². The number of nitrogens with one attached hydrogen (secondary N) is 2. The maximum absolute atomic E-state index is 12.2. The number of hydrogen-bond acceptors (Lipinski definition) is 5. The van der Waals surface area contributed by atoms with Gasteiger partial charge in [0.05, 0.1) is 34.8 Å². The van der Waals surface area contributed by atoms with E-state index in [1.165, 1.54) is 18.4 Å². The fourth-order valence-corrected chi connectivity index (χ4v) is 3.75. The van der Waals surface area contributed by atoms with Crippen LogP contribution in [0.15, 0.2) is 40.2 Å². The highest BCUT2D eigenvalue weighted by molar-refractivity contribution is 9.11. The Labute approximate surface area is 168 Å². The molecule has 1 aromatic carbocycles. The van der Waals surface area contributed by atoms with Crippen molar-refractivity contribution in [2.75, 3.05) is 13.7 Å². The van der Waals surface area contributed by atoms with Crippen LogP contribution in [0.5, 0.6) is 0 Å². The molecule has 0 fully saturated rings. The molecule has 2 rings (SSSR count). The van der Waals surface area contributed by atoms with Gasteiger partial charge in [0.25, 0.3) is 5.91 Å². The molecule has 0 aliphatic carbocycles. The standard InChI is InChI=1S/C17H16BrClN2O4S/c1-25-16(23)8-12(10-4-2-3-5-11(10)19)21-15(22)9-20-17(24)13-6-7-14(18)26-13/h2-7,12H,8-9H2,1H3,(H,20,24)(H,21,22). The lowest BCUT2D eigenvalue weighted by atomic mass is 10.0. The van der Waals surface area contributed by atoms with Crippen LogP contribution in [0.1, 0.15) is 27.7 Å². The van der Waals surface area contributed by atoms with Crippen LogP contribution in [-0.4, -0.2) is 31.4 Å². The SMILES string of the molecule is COC(=O)CC(NC(=O)CNC(=O)c1ccc(Br)s1)c1ccccc1Cl. The van der Waals surface area contributed by atoms with Gasteiger partial charge in [0.15, 0.2) is 0 Å². The summed E-state index contributed by atoms with van der Waals surface area (Å²) in [6, 6.07) is 9.66. The molecule has 2 N–H and O–H groups in total. The summed E-state index contributed by atoms with van der Waals surface area (Å²) in [5.41, 5.74) is 0.599. The van der Waals surface area contributed by atoms with E-state index < -0.39 is 17.9 Å². The lowest BCUT2D eigenvalue weighted by Gasteiger charge is -2.19. The summed E-state index contributed by atoms with van der Waals surface area (Å²) in [4.78, 5) is 36.4. The van der Waals surface area contributed by atoms with E-state index in [2.05, 4.69) is 31.3 Å². The highest BCUT2D eigenvalue weighted by Gasteiger charge is 2.21. The van der Waals surface area contributed by atoms with Gasteiger partial charge in [0.2, 0.25) is 5.91 Å². The van der Waals surface area contributed by atoms with E-state index in [4.69, 9.17) is 11.6 Å². The summed E-state index contributed by atoms with van der Waals surface area (Å²) in [5, 5.41) is 5.67. The quantitative estimate of drug-likeness (QED) is 0.622. The molecule has 138 valence electrons. The molecule has 0 aliphatic heterocycles. The summed E-state index contributed by atoms with van der Waals surface area (Å²) in [7, 11) is 1.27.